The third-order valence-electron chi connectivity index (χ3n) is 1.89. The van der Waals surface area contributed by atoms with E-state index in [2.05, 4.69) is 25.7 Å². The van der Waals surface area contributed by atoms with E-state index in [0.29, 0.717) is 5.82 Å². The van der Waals surface area contributed by atoms with Gasteiger partial charge in [0.05, 0.1) is 6.20 Å². The molecule has 0 spiro atoms. The lowest BCUT2D eigenvalue weighted by atomic mass is 10.3. The normalized spacial score (nSPS) is 9.93. The first-order valence-electron chi connectivity index (χ1n) is 4.36. The van der Waals surface area contributed by atoms with Gasteiger partial charge in [-0.25, -0.2) is 4.98 Å². The van der Waals surface area contributed by atoms with Gasteiger partial charge in [0, 0.05) is 6.20 Å². The molecule has 15 heavy (non-hydrogen) atoms. The number of aryl methyl sites for hydroxylation is 1. The molecule has 0 saturated heterocycles. The first kappa shape index (κ1) is 9.32. The Morgan fingerprint density at radius 2 is 2.40 bits per heavy atom. The van der Waals surface area contributed by atoms with Crippen LogP contribution in [0, 0.1) is 6.92 Å². The summed E-state index contributed by atoms with van der Waals surface area (Å²) < 4.78 is 0. The first-order chi connectivity index (χ1) is 7.27. The number of H-pyrrole nitrogens is 1. The van der Waals surface area contributed by atoms with Gasteiger partial charge in [0.1, 0.15) is 5.82 Å². The van der Waals surface area contributed by atoms with Crippen molar-refractivity contribution in [1.82, 2.24) is 20.4 Å². The van der Waals surface area contributed by atoms with E-state index in [1.165, 1.54) is 6.20 Å². The van der Waals surface area contributed by atoms with Crippen LogP contribution in [0.4, 0.5) is 5.82 Å². The van der Waals surface area contributed by atoms with Crippen LogP contribution in [0.2, 0.25) is 0 Å². The summed E-state index contributed by atoms with van der Waals surface area (Å²) in [6, 6.07) is 3.67. The number of carbonyl (C=O) groups excluding carboxylic acids is 1. The molecule has 1 amide bonds. The minimum Gasteiger partial charge on any atom is -0.305 e. The Labute approximate surface area is 85.7 Å². The monoisotopic (exact) mass is 203 g/mol. The maximum atomic E-state index is 11.6. The van der Waals surface area contributed by atoms with Crippen molar-refractivity contribution >= 4 is 11.7 Å². The molecule has 0 saturated carbocycles. The topological polar surface area (TPSA) is 83.6 Å². The smallest absolute Gasteiger partial charge is 0.278 e. The van der Waals surface area contributed by atoms with Crippen LogP contribution in [0.3, 0.4) is 0 Å². The predicted molar refractivity (Wildman–Crippen MR) is 53.3 cm³/mol. The van der Waals surface area contributed by atoms with Crippen molar-refractivity contribution in [2.75, 3.05) is 5.32 Å². The summed E-state index contributed by atoms with van der Waals surface area (Å²) in [6.07, 6.45) is 2.97. The van der Waals surface area contributed by atoms with Crippen molar-refractivity contribution in [2.24, 2.45) is 0 Å². The zero-order valence-electron chi connectivity index (χ0n) is 8.06. The fourth-order valence-corrected chi connectivity index (χ4v) is 1.10. The van der Waals surface area contributed by atoms with Crippen molar-refractivity contribution in [3.05, 3.63) is 35.8 Å². The fourth-order valence-electron chi connectivity index (χ4n) is 1.10. The molecule has 2 heterocycles. The zero-order valence-corrected chi connectivity index (χ0v) is 8.06. The second-order valence-corrected chi connectivity index (χ2v) is 2.98. The lowest BCUT2D eigenvalue weighted by Gasteiger charge is -2.03. The number of nitrogens with one attached hydrogen (secondary N) is 2. The maximum Gasteiger partial charge on any atom is 0.278 e. The standard InChI is InChI=1S/C9H9N5O/c1-6-3-2-4-10-8(6)12-9(15)7-5-11-14-13-7/h2-5H,1H3,(H,10,12,15)(H,11,13,14). The summed E-state index contributed by atoms with van der Waals surface area (Å²) in [6.45, 7) is 1.87. The van der Waals surface area contributed by atoms with Crippen molar-refractivity contribution < 1.29 is 4.79 Å². The van der Waals surface area contributed by atoms with E-state index in [0.717, 1.165) is 5.56 Å². The lowest BCUT2D eigenvalue weighted by Crippen LogP contribution is -2.14. The van der Waals surface area contributed by atoms with E-state index in [9.17, 15) is 4.79 Å². The molecule has 0 aromatic carbocycles. The van der Waals surface area contributed by atoms with E-state index >= 15 is 0 Å². The molecule has 0 aliphatic rings. The average Bonchev–Trinajstić information content (AvgIpc) is 2.74. The van der Waals surface area contributed by atoms with Crippen molar-refractivity contribution in [1.29, 1.82) is 0 Å². The minimum atomic E-state index is -0.328. The number of nitrogens with zero attached hydrogens (tertiary/aromatic N) is 3. The van der Waals surface area contributed by atoms with E-state index in [1.54, 1.807) is 12.3 Å². The molecule has 0 aliphatic heterocycles. The summed E-state index contributed by atoms with van der Waals surface area (Å²) in [5, 5.41) is 12.2. The number of amides is 1. The number of hydrogen-bond acceptors (Lipinski definition) is 4. The Morgan fingerprint density at radius 1 is 1.53 bits per heavy atom. The van der Waals surface area contributed by atoms with Crippen LogP contribution in [0.25, 0.3) is 0 Å². The van der Waals surface area contributed by atoms with Gasteiger partial charge in [-0.1, -0.05) is 6.07 Å². The van der Waals surface area contributed by atoms with E-state index < -0.39 is 0 Å². The molecular formula is C9H9N5O. The number of carbonyl (C=O) groups is 1. The van der Waals surface area contributed by atoms with Crippen LogP contribution in [-0.4, -0.2) is 26.3 Å². The molecule has 76 valence electrons. The molecule has 0 radical (unpaired) electrons. The highest BCUT2D eigenvalue weighted by Gasteiger charge is 2.10. The van der Waals surface area contributed by atoms with E-state index in [1.807, 2.05) is 13.0 Å². The van der Waals surface area contributed by atoms with Crippen LogP contribution in [0.5, 0.6) is 0 Å². The summed E-state index contributed by atoms with van der Waals surface area (Å²) in [7, 11) is 0. The van der Waals surface area contributed by atoms with Crippen LogP contribution in [0.1, 0.15) is 16.1 Å². The largest absolute Gasteiger partial charge is 0.305 e. The SMILES string of the molecule is Cc1cccnc1NC(=O)c1cn[nH]n1. The fraction of sp³-hybridized carbons (Fsp3) is 0.111. The summed E-state index contributed by atoms with van der Waals surface area (Å²) >= 11 is 0. The molecule has 2 rings (SSSR count). The highest BCUT2D eigenvalue weighted by Crippen LogP contribution is 2.09. The summed E-state index contributed by atoms with van der Waals surface area (Å²) in [4.78, 5) is 15.6. The molecule has 6 nitrogen and oxygen atoms in total. The number of anilines is 1. The molecule has 0 unspecified atom stereocenters. The summed E-state index contributed by atoms with van der Waals surface area (Å²) in [5.74, 6) is 0.205. The molecule has 0 aliphatic carbocycles. The van der Waals surface area contributed by atoms with Gasteiger partial charge in [0.25, 0.3) is 5.91 Å². The molecular weight excluding hydrogens is 194 g/mol. The van der Waals surface area contributed by atoms with Crippen molar-refractivity contribution in [3.8, 4) is 0 Å². The molecule has 0 bridgehead atoms. The third kappa shape index (κ3) is 1.98. The van der Waals surface area contributed by atoms with Crippen molar-refractivity contribution in [2.45, 2.75) is 6.92 Å². The number of aromatic amines is 1. The van der Waals surface area contributed by atoms with Gasteiger partial charge in [-0.05, 0) is 18.6 Å². The number of pyridine rings is 1. The van der Waals surface area contributed by atoms with Gasteiger partial charge in [-0.15, -0.1) is 0 Å². The second kappa shape index (κ2) is 3.87. The van der Waals surface area contributed by atoms with Gasteiger partial charge in [-0.3, -0.25) is 4.79 Å². The molecule has 2 N–H and O–H groups in total. The molecule has 6 heteroatoms. The van der Waals surface area contributed by atoms with Gasteiger partial charge < -0.3 is 5.32 Å². The van der Waals surface area contributed by atoms with E-state index in [4.69, 9.17) is 0 Å². The number of hydrogen-bond donors (Lipinski definition) is 2. The Balaban J connectivity index is 2.17. The Hall–Kier alpha value is -2.24. The minimum absolute atomic E-state index is 0.236. The van der Waals surface area contributed by atoms with Crippen LogP contribution >= 0.6 is 0 Å². The van der Waals surface area contributed by atoms with Crippen LogP contribution < -0.4 is 5.32 Å². The zero-order chi connectivity index (χ0) is 10.7. The van der Waals surface area contributed by atoms with Crippen LogP contribution in [0.15, 0.2) is 24.5 Å². The predicted octanol–water partition coefficient (Wildman–Crippen LogP) is 0.760. The quantitative estimate of drug-likeness (QED) is 0.754. The van der Waals surface area contributed by atoms with Gasteiger partial charge >= 0.3 is 0 Å². The Bertz CT molecular complexity index is 465. The molecule has 2 aromatic rings. The highest BCUT2D eigenvalue weighted by molar-refractivity contribution is 6.02. The maximum absolute atomic E-state index is 11.6. The summed E-state index contributed by atoms with van der Waals surface area (Å²) in [5.41, 5.74) is 1.13. The van der Waals surface area contributed by atoms with E-state index in [-0.39, 0.29) is 11.6 Å². The molecule has 2 aromatic heterocycles. The Morgan fingerprint density at radius 3 is 3.07 bits per heavy atom. The molecule has 0 fully saturated rings. The van der Waals surface area contributed by atoms with Gasteiger partial charge in [-0.2, -0.15) is 15.4 Å². The number of aromatic nitrogens is 4. The van der Waals surface area contributed by atoms with Crippen LogP contribution in [-0.2, 0) is 0 Å². The average molecular weight is 203 g/mol. The van der Waals surface area contributed by atoms with Gasteiger partial charge in [0.2, 0.25) is 0 Å². The third-order valence-corrected chi connectivity index (χ3v) is 1.89. The first-order valence-corrected chi connectivity index (χ1v) is 4.36. The van der Waals surface area contributed by atoms with Gasteiger partial charge in [0.15, 0.2) is 5.69 Å². The Kier molecular flexibility index (Phi) is 2.40. The lowest BCUT2D eigenvalue weighted by molar-refractivity contribution is 0.102. The van der Waals surface area contributed by atoms with Crippen molar-refractivity contribution in [3.63, 3.8) is 0 Å². The highest BCUT2D eigenvalue weighted by atomic mass is 16.2. The second-order valence-electron chi connectivity index (χ2n) is 2.98. The number of rotatable bonds is 2. The molecule has 0 atom stereocenters.